The smallest absolute Gasteiger partial charge is 0.262 e. The van der Waals surface area contributed by atoms with Gasteiger partial charge in [-0.3, -0.25) is 9.78 Å². The molecule has 3 aromatic carbocycles. The monoisotopic (exact) mass is 394 g/mol. The number of anilines is 2. The summed E-state index contributed by atoms with van der Waals surface area (Å²) in [6, 6.07) is 23.4. The van der Waals surface area contributed by atoms with Gasteiger partial charge in [-0.1, -0.05) is 54.6 Å². The van der Waals surface area contributed by atoms with Crippen molar-refractivity contribution in [3.05, 3.63) is 89.3 Å². The topological polar surface area (TPSA) is 79.9 Å². The summed E-state index contributed by atoms with van der Waals surface area (Å²) in [6.45, 7) is 0. The lowest BCUT2D eigenvalue weighted by Gasteiger charge is -2.12. The molecule has 0 aliphatic heterocycles. The zero-order valence-electron chi connectivity index (χ0n) is 16.2. The molecule has 0 radical (unpaired) electrons. The van der Waals surface area contributed by atoms with Crippen molar-refractivity contribution in [2.45, 2.75) is 0 Å². The Hall–Kier alpha value is -4.19. The van der Waals surface area contributed by atoms with Crippen LogP contribution in [0, 0.1) is 0 Å². The third kappa shape index (κ3) is 3.04. The number of aromatic amines is 1. The fraction of sp³-hybridized carbons (Fsp3) is 0.0417. The molecule has 0 amide bonds. The van der Waals surface area contributed by atoms with Crippen LogP contribution in [0.1, 0.15) is 0 Å². The fourth-order valence-electron chi connectivity index (χ4n) is 3.68. The van der Waals surface area contributed by atoms with E-state index in [1.54, 1.807) is 13.3 Å². The van der Waals surface area contributed by atoms with E-state index in [1.807, 2.05) is 54.6 Å². The second kappa shape index (κ2) is 7.33. The third-order valence-electron chi connectivity index (χ3n) is 5.05. The molecule has 2 heterocycles. The van der Waals surface area contributed by atoms with Crippen LogP contribution >= 0.6 is 0 Å². The molecule has 6 heteroatoms. The zero-order valence-corrected chi connectivity index (χ0v) is 16.2. The van der Waals surface area contributed by atoms with Gasteiger partial charge in [-0.25, -0.2) is 4.98 Å². The van der Waals surface area contributed by atoms with Crippen LogP contribution in [-0.4, -0.2) is 22.1 Å². The summed E-state index contributed by atoms with van der Waals surface area (Å²) in [5.74, 6) is 0.956. The van der Waals surface area contributed by atoms with E-state index in [4.69, 9.17) is 4.74 Å². The normalized spacial score (nSPS) is 11.0. The van der Waals surface area contributed by atoms with Gasteiger partial charge < -0.3 is 10.1 Å². The summed E-state index contributed by atoms with van der Waals surface area (Å²) >= 11 is 0. The lowest BCUT2D eigenvalue weighted by molar-refractivity contribution is 0.417. The number of nitrogens with zero attached hydrogens (tertiary/aromatic N) is 2. The third-order valence-corrected chi connectivity index (χ3v) is 5.05. The van der Waals surface area contributed by atoms with Crippen LogP contribution in [0.5, 0.6) is 5.75 Å². The standard InChI is InChI=1S/C24H18N4O2/c1-30-20-12-5-4-11-19(20)26-24-27-22-21(23(29)28-24)18(13-14-25-22)17-10-6-8-15-7-2-3-9-16(15)17/h2-14H,1H3,(H2,25,26,27,28,29). The molecule has 5 aromatic rings. The van der Waals surface area contributed by atoms with E-state index < -0.39 is 0 Å². The Bertz CT molecular complexity index is 1440. The maximum Gasteiger partial charge on any atom is 0.262 e. The van der Waals surface area contributed by atoms with Crippen LogP contribution in [0.25, 0.3) is 32.9 Å². The van der Waals surface area contributed by atoms with Gasteiger partial charge in [0.1, 0.15) is 5.75 Å². The number of rotatable bonds is 4. The molecule has 5 rings (SSSR count). The Labute approximate surface area is 172 Å². The van der Waals surface area contributed by atoms with Crippen molar-refractivity contribution in [1.82, 2.24) is 15.0 Å². The number of pyridine rings is 1. The summed E-state index contributed by atoms with van der Waals surface area (Å²) in [6.07, 6.45) is 1.68. The lowest BCUT2D eigenvalue weighted by atomic mass is 9.97. The highest BCUT2D eigenvalue weighted by Crippen LogP contribution is 2.32. The van der Waals surface area contributed by atoms with Gasteiger partial charge in [0.2, 0.25) is 5.95 Å². The second-order valence-electron chi connectivity index (χ2n) is 6.82. The maximum atomic E-state index is 13.1. The van der Waals surface area contributed by atoms with Crippen LogP contribution in [0.15, 0.2) is 83.8 Å². The first-order valence-electron chi connectivity index (χ1n) is 9.52. The van der Waals surface area contributed by atoms with Crippen molar-refractivity contribution in [2.24, 2.45) is 0 Å². The van der Waals surface area contributed by atoms with Gasteiger partial charge in [0.25, 0.3) is 5.56 Å². The minimum absolute atomic E-state index is 0.256. The highest BCUT2D eigenvalue weighted by atomic mass is 16.5. The van der Waals surface area contributed by atoms with Crippen molar-refractivity contribution in [3.63, 3.8) is 0 Å². The van der Waals surface area contributed by atoms with Crippen LogP contribution in [0.2, 0.25) is 0 Å². The Balaban J connectivity index is 1.67. The van der Waals surface area contributed by atoms with Gasteiger partial charge >= 0.3 is 0 Å². The molecule has 0 fully saturated rings. The van der Waals surface area contributed by atoms with Crippen LogP contribution in [0.3, 0.4) is 0 Å². The first-order chi connectivity index (χ1) is 14.7. The lowest BCUT2D eigenvalue weighted by Crippen LogP contribution is -2.13. The van der Waals surface area contributed by atoms with E-state index in [0.717, 1.165) is 21.9 Å². The van der Waals surface area contributed by atoms with Crippen molar-refractivity contribution >= 4 is 33.4 Å². The van der Waals surface area contributed by atoms with Gasteiger partial charge in [-0.05, 0) is 34.5 Å². The summed E-state index contributed by atoms with van der Waals surface area (Å²) in [5.41, 5.74) is 2.59. The predicted molar refractivity (Wildman–Crippen MR) is 119 cm³/mol. The minimum atomic E-state index is -0.256. The number of aromatic nitrogens is 3. The van der Waals surface area contributed by atoms with E-state index in [1.165, 1.54) is 0 Å². The van der Waals surface area contributed by atoms with Gasteiger partial charge in [-0.15, -0.1) is 0 Å². The molecule has 0 aliphatic rings. The van der Waals surface area contributed by atoms with Crippen LogP contribution in [-0.2, 0) is 0 Å². The number of fused-ring (bicyclic) bond motifs is 2. The summed E-state index contributed by atoms with van der Waals surface area (Å²) in [4.78, 5) is 24.8. The Morgan fingerprint density at radius 2 is 1.70 bits per heavy atom. The van der Waals surface area contributed by atoms with Gasteiger partial charge in [-0.2, -0.15) is 4.98 Å². The average molecular weight is 394 g/mol. The quantitative estimate of drug-likeness (QED) is 0.454. The van der Waals surface area contributed by atoms with Crippen LogP contribution in [0.4, 0.5) is 11.6 Å². The molecular formula is C24H18N4O2. The molecular weight excluding hydrogens is 376 g/mol. The summed E-state index contributed by atoms with van der Waals surface area (Å²) < 4.78 is 5.36. The van der Waals surface area contributed by atoms with Gasteiger partial charge in [0.05, 0.1) is 18.2 Å². The number of benzene rings is 3. The molecule has 0 aliphatic carbocycles. The fourth-order valence-corrected chi connectivity index (χ4v) is 3.68. The molecule has 146 valence electrons. The number of hydrogen-bond donors (Lipinski definition) is 2. The van der Waals surface area contributed by atoms with Gasteiger partial charge in [0, 0.05) is 11.8 Å². The summed E-state index contributed by atoms with van der Waals surface area (Å²) in [7, 11) is 1.59. The zero-order chi connectivity index (χ0) is 20.5. The maximum absolute atomic E-state index is 13.1. The molecule has 0 unspecified atom stereocenters. The van der Waals surface area contributed by atoms with Crippen molar-refractivity contribution in [1.29, 1.82) is 0 Å². The minimum Gasteiger partial charge on any atom is -0.495 e. The van der Waals surface area contributed by atoms with E-state index >= 15 is 0 Å². The van der Waals surface area contributed by atoms with E-state index in [0.29, 0.717) is 28.4 Å². The SMILES string of the molecule is COc1ccccc1Nc1nc2nccc(-c3cccc4ccccc34)c2c(=O)[nH]1. The molecule has 2 N–H and O–H groups in total. The first kappa shape index (κ1) is 17.9. The molecule has 30 heavy (non-hydrogen) atoms. The molecule has 6 nitrogen and oxygen atoms in total. The number of H-pyrrole nitrogens is 1. The largest absolute Gasteiger partial charge is 0.495 e. The average Bonchev–Trinajstić information content (AvgIpc) is 2.78. The number of nitrogens with one attached hydrogen (secondary N) is 2. The van der Waals surface area contributed by atoms with E-state index in [-0.39, 0.29) is 5.56 Å². The molecule has 0 saturated carbocycles. The van der Waals surface area contributed by atoms with Crippen molar-refractivity contribution in [2.75, 3.05) is 12.4 Å². The molecule has 0 spiro atoms. The highest BCUT2D eigenvalue weighted by molar-refractivity contribution is 6.03. The van der Waals surface area contributed by atoms with E-state index in [2.05, 4.69) is 38.5 Å². The van der Waals surface area contributed by atoms with Crippen molar-refractivity contribution < 1.29 is 4.74 Å². The number of methoxy groups -OCH3 is 1. The second-order valence-corrected chi connectivity index (χ2v) is 6.82. The van der Waals surface area contributed by atoms with E-state index in [9.17, 15) is 4.79 Å². The predicted octanol–water partition coefficient (Wildman–Crippen LogP) is 4.89. The number of para-hydroxylation sites is 2. The molecule has 2 aromatic heterocycles. The number of hydrogen-bond acceptors (Lipinski definition) is 5. The first-order valence-corrected chi connectivity index (χ1v) is 9.52. The molecule has 0 bridgehead atoms. The van der Waals surface area contributed by atoms with Crippen molar-refractivity contribution in [3.8, 4) is 16.9 Å². The summed E-state index contributed by atoms with van der Waals surface area (Å²) in [5, 5.41) is 5.75. The Kier molecular flexibility index (Phi) is 4.37. The number of ether oxygens (including phenoxy) is 1. The van der Waals surface area contributed by atoms with Gasteiger partial charge in [0.15, 0.2) is 5.65 Å². The Morgan fingerprint density at radius 3 is 2.60 bits per heavy atom. The highest BCUT2D eigenvalue weighted by Gasteiger charge is 2.14. The molecule has 0 saturated heterocycles. The van der Waals surface area contributed by atoms with Crippen LogP contribution < -0.4 is 15.6 Å². The Morgan fingerprint density at radius 1 is 0.900 bits per heavy atom. The molecule has 0 atom stereocenters.